The van der Waals surface area contributed by atoms with Crippen molar-refractivity contribution in [3.05, 3.63) is 101 Å². The van der Waals surface area contributed by atoms with Crippen molar-refractivity contribution < 1.29 is 24.2 Å². The van der Waals surface area contributed by atoms with Crippen LogP contribution in [0.15, 0.2) is 78.4 Å². The molecule has 1 saturated heterocycles. The van der Waals surface area contributed by atoms with Gasteiger partial charge in [-0.15, -0.1) is 0 Å². The van der Waals surface area contributed by atoms with Gasteiger partial charge in [0.05, 0.1) is 18.2 Å². The Morgan fingerprint density at radius 1 is 1.03 bits per heavy atom. The van der Waals surface area contributed by atoms with Crippen LogP contribution in [-0.4, -0.2) is 41.0 Å². The first-order valence-electron chi connectivity index (χ1n) is 13.8. The molecule has 0 saturated carbocycles. The highest BCUT2D eigenvalue weighted by Crippen LogP contribution is 2.41. The minimum absolute atomic E-state index is 0.0590. The Kier molecular flexibility index (Phi) is 8.01. The molecule has 2 atom stereocenters. The minimum atomic E-state index is -0.703. The van der Waals surface area contributed by atoms with Gasteiger partial charge in [-0.1, -0.05) is 62.2 Å². The Balaban J connectivity index is 1.49. The maximum atomic E-state index is 13.4. The van der Waals surface area contributed by atoms with E-state index in [4.69, 9.17) is 9.47 Å². The van der Waals surface area contributed by atoms with Gasteiger partial charge in [-0.2, -0.15) is 0 Å². The van der Waals surface area contributed by atoms with Crippen molar-refractivity contribution in [2.24, 2.45) is 0 Å². The number of nitrogens with zero attached hydrogens (tertiary/aromatic N) is 1. The third kappa shape index (κ3) is 5.70. The highest BCUT2D eigenvalue weighted by Gasteiger charge is 2.46. The van der Waals surface area contributed by atoms with E-state index in [0.717, 1.165) is 53.9 Å². The first-order chi connectivity index (χ1) is 19.0. The molecule has 3 aromatic rings. The van der Waals surface area contributed by atoms with E-state index in [1.165, 1.54) is 0 Å². The molecule has 0 spiro atoms. The van der Waals surface area contributed by atoms with E-state index in [1.807, 2.05) is 73.7 Å². The Labute approximate surface area is 229 Å². The Hall–Kier alpha value is -4.06. The number of Topliss-reactive ketones (excluding diaryl/α,β-unsaturated/α-hetero) is 1. The zero-order chi connectivity index (χ0) is 27.4. The van der Waals surface area contributed by atoms with Crippen LogP contribution in [-0.2, 0) is 22.4 Å². The van der Waals surface area contributed by atoms with Crippen LogP contribution in [0.25, 0.3) is 5.76 Å². The number of fused-ring (bicyclic) bond motifs is 1. The monoisotopic (exact) mass is 525 g/mol. The lowest BCUT2D eigenvalue weighted by Gasteiger charge is -2.25. The van der Waals surface area contributed by atoms with Crippen molar-refractivity contribution in [1.82, 2.24) is 4.90 Å². The predicted octanol–water partition coefficient (Wildman–Crippen LogP) is 6.24. The average Bonchev–Trinajstić information content (AvgIpc) is 3.45. The molecule has 1 amide bonds. The summed E-state index contributed by atoms with van der Waals surface area (Å²) in [6.07, 6.45) is 4.61. The van der Waals surface area contributed by atoms with Crippen LogP contribution >= 0.6 is 0 Å². The Morgan fingerprint density at radius 3 is 2.54 bits per heavy atom. The maximum absolute atomic E-state index is 13.4. The lowest BCUT2D eigenvalue weighted by molar-refractivity contribution is -0.139. The topological polar surface area (TPSA) is 76.1 Å². The molecule has 5 rings (SSSR count). The van der Waals surface area contributed by atoms with Gasteiger partial charge < -0.3 is 19.5 Å². The molecule has 1 N–H and O–H groups in total. The number of amides is 1. The lowest BCUT2D eigenvalue weighted by atomic mass is 9.94. The van der Waals surface area contributed by atoms with Crippen LogP contribution < -0.4 is 9.47 Å². The summed E-state index contributed by atoms with van der Waals surface area (Å²) in [5, 5.41) is 11.5. The number of ether oxygens (including phenoxy) is 2. The van der Waals surface area contributed by atoms with E-state index >= 15 is 0 Å². The predicted molar refractivity (Wildman–Crippen MR) is 151 cm³/mol. The fourth-order valence-electron chi connectivity index (χ4n) is 5.36. The van der Waals surface area contributed by atoms with Crippen molar-refractivity contribution in [1.29, 1.82) is 0 Å². The second-order valence-electron chi connectivity index (χ2n) is 10.3. The largest absolute Gasteiger partial charge is 0.507 e. The number of carbonyl (C=O) groups is 2. The van der Waals surface area contributed by atoms with Crippen LogP contribution in [0.1, 0.15) is 61.4 Å². The number of aliphatic hydroxyl groups is 1. The molecule has 6 heteroatoms. The van der Waals surface area contributed by atoms with Crippen LogP contribution in [0, 0.1) is 0 Å². The van der Waals surface area contributed by atoms with E-state index in [1.54, 1.807) is 11.0 Å². The molecule has 39 heavy (non-hydrogen) atoms. The summed E-state index contributed by atoms with van der Waals surface area (Å²) < 4.78 is 11.7. The summed E-state index contributed by atoms with van der Waals surface area (Å²) in [5.41, 5.74) is 3.42. The fourth-order valence-corrected chi connectivity index (χ4v) is 5.36. The van der Waals surface area contributed by atoms with Gasteiger partial charge in [0.2, 0.25) is 0 Å². The molecule has 3 aromatic carbocycles. The molecule has 202 valence electrons. The molecule has 2 heterocycles. The number of hydrogen-bond donors (Lipinski definition) is 1. The van der Waals surface area contributed by atoms with E-state index in [9.17, 15) is 14.7 Å². The summed E-state index contributed by atoms with van der Waals surface area (Å²) in [7, 11) is 0. The molecule has 0 radical (unpaired) electrons. The summed E-state index contributed by atoms with van der Waals surface area (Å²) >= 11 is 0. The zero-order valence-corrected chi connectivity index (χ0v) is 22.6. The van der Waals surface area contributed by atoms with E-state index in [0.29, 0.717) is 25.1 Å². The smallest absolute Gasteiger partial charge is 0.295 e. The fraction of sp³-hybridized carbons (Fsp3) is 0.333. The van der Waals surface area contributed by atoms with Crippen LogP contribution in [0.2, 0.25) is 0 Å². The summed E-state index contributed by atoms with van der Waals surface area (Å²) in [4.78, 5) is 28.3. The normalized spacial score (nSPS) is 19.7. The van der Waals surface area contributed by atoms with E-state index in [-0.39, 0.29) is 17.4 Å². The molecule has 0 aromatic heterocycles. The van der Waals surface area contributed by atoms with Gasteiger partial charge >= 0.3 is 0 Å². The molecule has 6 nitrogen and oxygen atoms in total. The molecular formula is C33H35NO5. The SMILES string of the molecule is CCCCCOc1ccc(C2/C(=C(/O)c3ccc4c(c3)CC(C)O4)C(=O)C(=O)N2CCc2ccccc2)cc1. The number of ketones is 1. The van der Waals surface area contributed by atoms with Crippen molar-refractivity contribution in [2.75, 3.05) is 13.2 Å². The van der Waals surface area contributed by atoms with Crippen LogP contribution in [0.3, 0.4) is 0 Å². The third-order valence-corrected chi connectivity index (χ3v) is 7.41. The lowest BCUT2D eigenvalue weighted by Crippen LogP contribution is -2.31. The second kappa shape index (κ2) is 11.8. The highest BCUT2D eigenvalue weighted by molar-refractivity contribution is 6.46. The van der Waals surface area contributed by atoms with Crippen molar-refractivity contribution >= 4 is 17.4 Å². The number of aliphatic hydroxyl groups excluding tert-OH is 1. The molecule has 2 unspecified atom stereocenters. The van der Waals surface area contributed by atoms with Crippen molar-refractivity contribution in [3.8, 4) is 11.5 Å². The number of carbonyl (C=O) groups excluding carboxylic acids is 2. The molecule has 0 bridgehead atoms. The van der Waals surface area contributed by atoms with Gasteiger partial charge in [-0.3, -0.25) is 9.59 Å². The Morgan fingerprint density at radius 2 is 1.79 bits per heavy atom. The van der Waals surface area contributed by atoms with Crippen molar-refractivity contribution in [3.63, 3.8) is 0 Å². The number of benzene rings is 3. The van der Waals surface area contributed by atoms with Gasteiger partial charge in [0.1, 0.15) is 23.4 Å². The first kappa shape index (κ1) is 26.5. The minimum Gasteiger partial charge on any atom is -0.507 e. The van der Waals surface area contributed by atoms with Crippen molar-refractivity contribution in [2.45, 2.75) is 58.1 Å². The summed E-state index contributed by atoms with van der Waals surface area (Å²) in [5.74, 6) is 0.0890. The molecule has 1 fully saturated rings. The van der Waals surface area contributed by atoms with Gasteiger partial charge in [0.15, 0.2) is 0 Å². The molecule has 2 aliphatic rings. The molecule has 0 aliphatic carbocycles. The highest BCUT2D eigenvalue weighted by atomic mass is 16.5. The van der Waals surface area contributed by atoms with Gasteiger partial charge in [-0.05, 0) is 66.8 Å². The standard InChI is InChI=1S/C33H35NO5/c1-3-4-8-19-38-27-14-11-24(12-15-27)30-29(31(35)25-13-16-28-26(21-25)20-22(2)39-28)32(36)33(37)34(30)18-17-23-9-6-5-7-10-23/h5-7,9-16,21-22,30,35H,3-4,8,17-20H2,1-2H3/b31-29-. The van der Waals surface area contributed by atoms with E-state index in [2.05, 4.69) is 6.92 Å². The number of unbranched alkanes of at least 4 members (excludes halogenated alkanes) is 2. The van der Waals surface area contributed by atoms with Gasteiger partial charge in [-0.25, -0.2) is 0 Å². The number of rotatable bonds is 10. The maximum Gasteiger partial charge on any atom is 0.295 e. The third-order valence-electron chi connectivity index (χ3n) is 7.41. The molecule has 2 aliphatic heterocycles. The molecular weight excluding hydrogens is 490 g/mol. The van der Waals surface area contributed by atoms with Crippen LogP contribution in [0.5, 0.6) is 11.5 Å². The summed E-state index contributed by atoms with van der Waals surface area (Å²) in [6, 6.07) is 22.1. The number of hydrogen-bond acceptors (Lipinski definition) is 5. The second-order valence-corrected chi connectivity index (χ2v) is 10.3. The average molecular weight is 526 g/mol. The van der Waals surface area contributed by atoms with Gasteiger partial charge in [0.25, 0.3) is 11.7 Å². The Bertz CT molecular complexity index is 1360. The van der Waals surface area contributed by atoms with E-state index < -0.39 is 17.7 Å². The summed E-state index contributed by atoms with van der Waals surface area (Å²) in [6.45, 7) is 5.14. The first-order valence-corrected chi connectivity index (χ1v) is 13.8. The quantitative estimate of drug-likeness (QED) is 0.147. The van der Waals surface area contributed by atoms with Gasteiger partial charge in [0, 0.05) is 18.5 Å². The number of likely N-dealkylation sites (tertiary alicyclic amines) is 1. The zero-order valence-electron chi connectivity index (χ0n) is 22.6. The van der Waals surface area contributed by atoms with Crippen LogP contribution in [0.4, 0.5) is 0 Å².